The van der Waals surface area contributed by atoms with Crippen LogP contribution in [-0.2, 0) is 4.79 Å². The molecule has 0 rings (SSSR count). The molecule has 0 aromatic rings. The van der Waals surface area contributed by atoms with Gasteiger partial charge in [0.1, 0.15) is 0 Å². The van der Waals surface area contributed by atoms with Crippen LogP contribution in [0.3, 0.4) is 0 Å². The summed E-state index contributed by atoms with van der Waals surface area (Å²) in [4.78, 5) is 22.3. The molecule has 0 saturated heterocycles. The molecule has 5 heteroatoms. The average Bonchev–Trinajstić information content (AvgIpc) is 2.17. The number of rotatable bonds is 7. The van der Waals surface area contributed by atoms with Gasteiger partial charge in [0.05, 0.1) is 0 Å². The molecule has 1 unspecified atom stereocenters. The Kier molecular flexibility index (Phi) is 9.00. The Hall–Kier alpha value is -0.770. The second-order valence-electron chi connectivity index (χ2n) is 3.86. The maximum Gasteiger partial charge on any atom is 0.321 e. The highest BCUT2D eigenvalue weighted by molar-refractivity contribution is 6.19. The number of alkyl halides is 1. The van der Waals surface area contributed by atoms with Crippen molar-refractivity contribution in [2.45, 2.75) is 52.0 Å². The number of unbranched alkanes of at least 4 members (excludes halogenated alkanes) is 2. The standard InChI is InChI=1S/C11H21ClN2O2/c1-3-4-5-6-9(2)13-11(16)14-10(15)7-8-12/h9H,3-8H2,1-2H3,(H2,13,14,15,16). The first kappa shape index (κ1) is 15.2. The van der Waals surface area contributed by atoms with Crippen molar-refractivity contribution in [1.29, 1.82) is 0 Å². The van der Waals surface area contributed by atoms with Crippen molar-refractivity contribution in [1.82, 2.24) is 10.6 Å². The molecule has 0 spiro atoms. The van der Waals surface area contributed by atoms with E-state index < -0.39 is 6.03 Å². The molecule has 0 bridgehead atoms. The van der Waals surface area contributed by atoms with E-state index in [2.05, 4.69) is 17.6 Å². The molecule has 1 atom stereocenters. The highest BCUT2D eigenvalue weighted by Gasteiger charge is 2.09. The minimum atomic E-state index is -0.431. The van der Waals surface area contributed by atoms with Gasteiger partial charge in [-0.15, -0.1) is 11.6 Å². The second kappa shape index (κ2) is 9.46. The minimum Gasteiger partial charge on any atom is -0.335 e. The number of nitrogens with one attached hydrogen (secondary N) is 2. The first-order chi connectivity index (χ1) is 7.60. The van der Waals surface area contributed by atoms with Crippen LogP contribution in [0.1, 0.15) is 46.0 Å². The summed E-state index contributed by atoms with van der Waals surface area (Å²) in [6.07, 6.45) is 4.52. The second-order valence-corrected chi connectivity index (χ2v) is 4.24. The SMILES string of the molecule is CCCCCC(C)NC(=O)NC(=O)CCCl. The normalized spacial score (nSPS) is 11.9. The Bertz CT molecular complexity index is 222. The van der Waals surface area contributed by atoms with Crippen LogP contribution in [0.15, 0.2) is 0 Å². The molecule has 0 aliphatic heterocycles. The van der Waals surface area contributed by atoms with Gasteiger partial charge in [-0.25, -0.2) is 4.79 Å². The summed E-state index contributed by atoms with van der Waals surface area (Å²) in [6.45, 7) is 4.07. The van der Waals surface area contributed by atoms with Crippen molar-refractivity contribution in [2.75, 3.05) is 5.88 Å². The quantitative estimate of drug-likeness (QED) is 0.537. The van der Waals surface area contributed by atoms with Gasteiger partial charge < -0.3 is 5.32 Å². The van der Waals surface area contributed by atoms with Gasteiger partial charge in [0.2, 0.25) is 5.91 Å². The van der Waals surface area contributed by atoms with Gasteiger partial charge in [0, 0.05) is 18.3 Å². The van der Waals surface area contributed by atoms with Crippen molar-refractivity contribution in [3.63, 3.8) is 0 Å². The maximum atomic E-state index is 11.3. The van der Waals surface area contributed by atoms with E-state index in [9.17, 15) is 9.59 Å². The van der Waals surface area contributed by atoms with E-state index in [1.807, 2.05) is 6.92 Å². The number of carbonyl (C=O) groups is 2. The number of imide groups is 1. The van der Waals surface area contributed by atoms with E-state index in [0.717, 1.165) is 19.3 Å². The van der Waals surface area contributed by atoms with Crippen molar-refractivity contribution in [3.05, 3.63) is 0 Å². The molecule has 94 valence electrons. The lowest BCUT2D eigenvalue weighted by Gasteiger charge is -2.13. The predicted octanol–water partition coefficient (Wildman–Crippen LogP) is 2.41. The molecule has 2 N–H and O–H groups in total. The highest BCUT2D eigenvalue weighted by Crippen LogP contribution is 2.02. The van der Waals surface area contributed by atoms with E-state index in [1.54, 1.807) is 0 Å². The lowest BCUT2D eigenvalue weighted by Crippen LogP contribution is -2.43. The smallest absolute Gasteiger partial charge is 0.321 e. The molecule has 0 aliphatic carbocycles. The van der Waals surface area contributed by atoms with Crippen molar-refractivity contribution in [2.24, 2.45) is 0 Å². The van der Waals surface area contributed by atoms with Crippen LogP contribution in [0.25, 0.3) is 0 Å². The van der Waals surface area contributed by atoms with Gasteiger partial charge in [0.15, 0.2) is 0 Å². The van der Waals surface area contributed by atoms with E-state index >= 15 is 0 Å². The van der Waals surface area contributed by atoms with Crippen molar-refractivity contribution >= 4 is 23.5 Å². The number of hydrogen-bond acceptors (Lipinski definition) is 2. The minimum absolute atomic E-state index is 0.0929. The van der Waals surface area contributed by atoms with Crippen LogP contribution in [-0.4, -0.2) is 23.9 Å². The monoisotopic (exact) mass is 248 g/mol. The maximum absolute atomic E-state index is 11.3. The summed E-state index contributed by atoms with van der Waals surface area (Å²) in [6, 6.07) is -0.338. The Labute approximate surface area is 102 Å². The third kappa shape index (κ3) is 8.53. The zero-order valence-corrected chi connectivity index (χ0v) is 10.8. The van der Waals surface area contributed by atoms with Crippen molar-refractivity contribution in [3.8, 4) is 0 Å². The molecular formula is C11H21ClN2O2. The Balaban J connectivity index is 3.65. The Morgan fingerprint density at radius 3 is 2.56 bits per heavy atom. The lowest BCUT2D eigenvalue weighted by molar-refractivity contribution is -0.119. The van der Waals surface area contributed by atoms with E-state index in [4.69, 9.17) is 11.6 Å². The van der Waals surface area contributed by atoms with Gasteiger partial charge in [0.25, 0.3) is 0 Å². The number of hydrogen-bond donors (Lipinski definition) is 2. The molecule has 0 saturated carbocycles. The molecule has 16 heavy (non-hydrogen) atoms. The zero-order valence-electron chi connectivity index (χ0n) is 10.0. The fraction of sp³-hybridized carbons (Fsp3) is 0.818. The van der Waals surface area contributed by atoms with Crippen molar-refractivity contribution < 1.29 is 9.59 Å². The van der Waals surface area contributed by atoms with E-state index in [1.165, 1.54) is 6.42 Å². The number of urea groups is 1. The van der Waals surface area contributed by atoms with Crippen LogP contribution in [0.2, 0.25) is 0 Å². The van der Waals surface area contributed by atoms with E-state index in [0.29, 0.717) is 0 Å². The van der Waals surface area contributed by atoms with E-state index in [-0.39, 0.29) is 24.2 Å². The van der Waals surface area contributed by atoms with Gasteiger partial charge in [-0.1, -0.05) is 26.2 Å². The molecule has 0 aliphatic rings. The zero-order chi connectivity index (χ0) is 12.4. The van der Waals surface area contributed by atoms with Gasteiger partial charge in [-0.3, -0.25) is 10.1 Å². The summed E-state index contributed by atoms with van der Waals surface area (Å²) in [5.74, 6) is -0.112. The average molecular weight is 249 g/mol. The van der Waals surface area contributed by atoms with Crippen LogP contribution < -0.4 is 10.6 Å². The van der Waals surface area contributed by atoms with Gasteiger partial charge in [-0.2, -0.15) is 0 Å². The predicted molar refractivity (Wildman–Crippen MR) is 65.6 cm³/mol. The fourth-order valence-electron chi connectivity index (χ4n) is 1.31. The van der Waals surface area contributed by atoms with Crippen LogP contribution in [0, 0.1) is 0 Å². The summed E-state index contributed by atoms with van der Waals surface area (Å²) < 4.78 is 0. The Morgan fingerprint density at radius 1 is 1.31 bits per heavy atom. The van der Waals surface area contributed by atoms with Gasteiger partial charge >= 0.3 is 6.03 Å². The van der Waals surface area contributed by atoms with Crippen LogP contribution in [0.5, 0.6) is 0 Å². The number of halogens is 1. The molecule has 4 nitrogen and oxygen atoms in total. The lowest BCUT2D eigenvalue weighted by atomic mass is 10.1. The molecule has 0 aromatic carbocycles. The summed E-state index contributed by atoms with van der Waals surface area (Å²) >= 11 is 5.38. The summed E-state index contributed by atoms with van der Waals surface area (Å²) in [5, 5.41) is 4.94. The molecule has 0 fully saturated rings. The molecule has 0 heterocycles. The molecular weight excluding hydrogens is 228 g/mol. The topological polar surface area (TPSA) is 58.2 Å². The van der Waals surface area contributed by atoms with Gasteiger partial charge in [-0.05, 0) is 13.3 Å². The fourth-order valence-corrected chi connectivity index (χ4v) is 1.48. The largest absolute Gasteiger partial charge is 0.335 e. The molecule has 0 radical (unpaired) electrons. The summed E-state index contributed by atoms with van der Waals surface area (Å²) in [5.41, 5.74) is 0. The Morgan fingerprint density at radius 2 is 2.00 bits per heavy atom. The summed E-state index contributed by atoms with van der Waals surface area (Å²) in [7, 11) is 0. The van der Waals surface area contributed by atoms with Crippen LogP contribution >= 0.6 is 11.6 Å². The highest BCUT2D eigenvalue weighted by atomic mass is 35.5. The number of amides is 3. The van der Waals surface area contributed by atoms with Crippen LogP contribution in [0.4, 0.5) is 4.79 Å². The third-order valence-electron chi connectivity index (χ3n) is 2.19. The molecule has 3 amide bonds. The first-order valence-corrected chi connectivity index (χ1v) is 6.29. The molecule has 0 aromatic heterocycles. The first-order valence-electron chi connectivity index (χ1n) is 5.76. The third-order valence-corrected chi connectivity index (χ3v) is 2.38. The number of carbonyl (C=O) groups excluding carboxylic acids is 2.